The Morgan fingerprint density at radius 1 is 1.33 bits per heavy atom. The van der Waals surface area contributed by atoms with Gasteiger partial charge in [0.05, 0.1) is 19.2 Å². The lowest BCUT2D eigenvalue weighted by atomic mass is 10.1. The maximum Gasteiger partial charge on any atom is 0.318 e. The third kappa shape index (κ3) is 3.86. The van der Waals surface area contributed by atoms with Crippen LogP contribution in [0.1, 0.15) is 30.2 Å². The first-order valence-electron chi connectivity index (χ1n) is 7.96. The van der Waals surface area contributed by atoms with Crippen molar-refractivity contribution in [3.8, 4) is 0 Å². The summed E-state index contributed by atoms with van der Waals surface area (Å²) in [5, 5.41) is 3.69. The maximum atomic E-state index is 12.6. The quantitative estimate of drug-likeness (QED) is 0.925. The Balaban J connectivity index is 1.64. The first-order chi connectivity index (χ1) is 11.6. The molecule has 126 valence electrons. The van der Waals surface area contributed by atoms with Gasteiger partial charge in [-0.2, -0.15) is 0 Å². The highest BCUT2D eigenvalue weighted by molar-refractivity contribution is 6.31. The van der Waals surface area contributed by atoms with Crippen LogP contribution in [0.25, 0.3) is 0 Å². The molecule has 0 radical (unpaired) electrons. The van der Waals surface area contributed by atoms with Gasteiger partial charge >= 0.3 is 6.03 Å². The molecule has 2 heterocycles. The van der Waals surface area contributed by atoms with E-state index in [1.165, 1.54) is 0 Å². The Kier molecular flexibility index (Phi) is 5.33. The smallest absolute Gasteiger partial charge is 0.318 e. The van der Waals surface area contributed by atoms with Crippen molar-refractivity contribution in [1.82, 2.24) is 15.2 Å². The highest BCUT2D eigenvalue weighted by Crippen LogP contribution is 2.28. The number of ether oxygens (including phenoxy) is 1. The van der Waals surface area contributed by atoms with Crippen molar-refractivity contribution in [1.29, 1.82) is 0 Å². The van der Waals surface area contributed by atoms with Crippen LogP contribution in [0.2, 0.25) is 5.02 Å². The van der Waals surface area contributed by atoms with Crippen LogP contribution in [0.15, 0.2) is 48.8 Å². The van der Waals surface area contributed by atoms with Crippen molar-refractivity contribution in [3.63, 3.8) is 0 Å². The average molecular weight is 346 g/mol. The first-order valence-corrected chi connectivity index (χ1v) is 8.34. The number of rotatable bonds is 3. The summed E-state index contributed by atoms with van der Waals surface area (Å²) in [4.78, 5) is 18.3. The van der Waals surface area contributed by atoms with Gasteiger partial charge in [0, 0.05) is 29.5 Å². The van der Waals surface area contributed by atoms with Crippen molar-refractivity contribution in [2.75, 3.05) is 19.7 Å². The van der Waals surface area contributed by atoms with Crippen LogP contribution in [-0.4, -0.2) is 35.6 Å². The van der Waals surface area contributed by atoms with Crippen LogP contribution >= 0.6 is 11.6 Å². The Hall–Kier alpha value is -2.11. The van der Waals surface area contributed by atoms with E-state index in [-0.39, 0.29) is 18.2 Å². The minimum atomic E-state index is -0.200. The zero-order chi connectivity index (χ0) is 16.9. The lowest BCUT2D eigenvalue weighted by Crippen LogP contribution is -2.47. The van der Waals surface area contributed by atoms with Crippen molar-refractivity contribution >= 4 is 17.6 Å². The van der Waals surface area contributed by atoms with Crippen LogP contribution in [-0.2, 0) is 4.74 Å². The summed E-state index contributed by atoms with van der Waals surface area (Å²) in [5.41, 5.74) is 1.94. The van der Waals surface area contributed by atoms with Crippen LogP contribution in [0.4, 0.5) is 4.79 Å². The molecule has 0 spiro atoms. The molecular formula is C18H20ClN3O2. The number of amides is 2. The third-order valence-electron chi connectivity index (χ3n) is 4.15. The van der Waals surface area contributed by atoms with E-state index < -0.39 is 0 Å². The van der Waals surface area contributed by atoms with Gasteiger partial charge in [-0.05, 0) is 30.7 Å². The SMILES string of the molecule is C[C@H](NC(=O)N1CCO[C@H](c2ccccc2Cl)C1)c1ccncc1. The molecule has 3 rings (SSSR count). The molecule has 1 aromatic carbocycles. The lowest BCUT2D eigenvalue weighted by molar-refractivity contribution is -0.0156. The second-order valence-electron chi connectivity index (χ2n) is 5.78. The Bertz CT molecular complexity index is 696. The number of hydrogen-bond donors (Lipinski definition) is 1. The number of halogens is 1. The van der Waals surface area contributed by atoms with Gasteiger partial charge in [-0.3, -0.25) is 4.98 Å². The number of carbonyl (C=O) groups is 1. The molecule has 2 amide bonds. The highest BCUT2D eigenvalue weighted by atomic mass is 35.5. The monoisotopic (exact) mass is 345 g/mol. The van der Waals surface area contributed by atoms with Gasteiger partial charge < -0.3 is 15.0 Å². The van der Waals surface area contributed by atoms with E-state index in [4.69, 9.17) is 16.3 Å². The average Bonchev–Trinajstić information content (AvgIpc) is 2.63. The van der Waals surface area contributed by atoms with Crippen LogP contribution in [0, 0.1) is 0 Å². The summed E-state index contributed by atoms with van der Waals surface area (Å²) in [5.74, 6) is 0. The van der Waals surface area contributed by atoms with Crippen molar-refractivity contribution in [3.05, 3.63) is 64.9 Å². The fraction of sp³-hybridized carbons (Fsp3) is 0.333. The van der Waals surface area contributed by atoms with Gasteiger partial charge in [0.25, 0.3) is 0 Å². The minimum Gasteiger partial charge on any atom is -0.370 e. The molecule has 2 aromatic rings. The van der Waals surface area contributed by atoms with E-state index in [1.807, 2.05) is 43.3 Å². The molecule has 0 aliphatic carbocycles. The zero-order valence-corrected chi connectivity index (χ0v) is 14.2. The molecule has 1 N–H and O–H groups in total. The number of urea groups is 1. The Morgan fingerprint density at radius 2 is 2.08 bits per heavy atom. The molecule has 5 nitrogen and oxygen atoms in total. The van der Waals surface area contributed by atoms with Gasteiger partial charge in [0.1, 0.15) is 6.10 Å². The van der Waals surface area contributed by atoms with Gasteiger partial charge in [0.2, 0.25) is 0 Å². The number of carbonyl (C=O) groups excluding carboxylic acids is 1. The van der Waals surface area contributed by atoms with E-state index in [9.17, 15) is 4.79 Å². The van der Waals surface area contributed by atoms with Gasteiger partial charge in [-0.15, -0.1) is 0 Å². The molecule has 0 bridgehead atoms. The standard InChI is InChI=1S/C18H20ClN3O2/c1-13(14-6-8-20-9-7-14)21-18(23)22-10-11-24-17(12-22)15-4-2-3-5-16(15)19/h2-9,13,17H,10-12H2,1H3,(H,21,23)/t13-,17-/m0/s1. The summed E-state index contributed by atoms with van der Waals surface area (Å²) in [7, 11) is 0. The van der Waals surface area contributed by atoms with E-state index in [0.29, 0.717) is 24.7 Å². The Morgan fingerprint density at radius 3 is 2.83 bits per heavy atom. The largest absolute Gasteiger partial charge is 0.370 e. The maximum absolute atomic E-state index is 12.6. The summed E-state index contributed by atoms with van der Waals surface area (Å²) in [6, 6.07) is 11.2. The number of aromatic nitrogens is 1. The molecule has 24 heavy (non-hydrogen) atoms. The molecule has 1 aliphatic heterocycles. The molecule has 1 aliphatic rings. The zero-order valence-electron chi connectivity index (χ0n) is 13.5. The lowest BCUT2D eigenvalue weighted by Gasteiger charge is -2.34. The van der Waals surface area contributed by atoms with Crippen molar-refractivity contribution in [2.45, 2.75) is 19.1 Å². The second kappa shape index (κ2) is 7.64. The van der Waals surface area contributed by atoms with E-state index >= 15 is 0 Å². The number of pyridine rings is 1. The van der Waals surface area contributed by atoms with Crippen molar-refractivity contribution in [2.24, 2.45) is 0 Å². The molecule has 6 heteroatoms. The van der Waals surface area contributed by atoms with E-state index in [0.717, 1.165) is 11.1 Å². The Labute approximate surface area is 146 Å². The molecule has 2 atom stereocenters. The molecule has 0 unspecified atom stereocenters. The summed E-state index contributed by atoms with van der Waals surface area (Å²) < 4.78 is 5.80. The summed E-state index contributed by atoms with van der Waals surface area (Å²) >= 11 is 6.24. The number of benzene rings is 1. The van der Waals surface area contributed by atoms with E-state index in [1.54, 1.807) is 17.3 Å². The van der Waals surface area contributed by atoms with Crippen LogP contribution in [0.5, 0.6) is 0 Å². The molecular weight excluding hydrogens is 326 g/mol. The van der Waals surface area contributed by atoms with Gasteiger partial charge in [-0.1, -0.05) is 29.8 Å². The predicted octanol–water partition coefficient (Wildman–Crippen LogP) is 3.58. The van der Waals surface area contributed by atoms with Crippen LogP contribution in [0.3, 0.4) is 0 Å². The molecule has 1 aromatic heterocycles. The van der Waals surface area contributed by atoms with Gasteiger partial charge in [0.15, 0.2) is 0 Å². The van der Waals surface area contributed by atoms with Crippen molar-refractivity contribution < 1.29 is 9.53 Å². The minimum absolute atomic E-state index is 0.0814. The molecule has 0 saturated carbocycles. The first kappa shape index (κ1) is 16.7. The third-order valence-corrected chi connectivity index (χ3v) is 4.50. The fourth-order valence-electron chi connectivity index (χ4n) is 2.77. The molecule has 1 fully saturated rings. The van der Waals surface area contributed by atoms with Gasteiger partial charge in [-0.25, -0.2) is 4.79 Å². The number of nitrogens with one attached hydrogen (secondary N) is 1. The number of hydrogen-bond acceptors (Lipinski definition) is 3. The molecule has 1 saturated heterocycles. The predicted molar refractivity (Wildman–Crippen MR) is 92.9 cm³/mol. The topological polar surface area (TPSA) is 54.5 Å². The number of nitrogens with zero attached hydrogens (tertiary/aromatic N) is 2. The summed E-state index contributed by atoms with van der Waals surface area (Å²) in [6.07, 6.45) is 3.25. The number of morpholine rings is 1. The normalized spacial score (nSPS) is 18.9. The fourth-order valence-corrected chi connectivity index (χ4v) is 3.03. The van der Waals surface area contributed by atoms with E-state index in [2.05, 4.69) is 10.3 Å². The summed E-state index contributed by atoms with van der Waals surface area (Å²) in [6.45, 7) is 3.50. The highest BCUT2D eigenvalue weighted by Gasteiger charge is 2.27. The second-order valence-corrected chi connectivity index (χ2v) is 6.19. The van der Waals surface area contributed by atoms with Crippen LogP contribution < -0.4 is 5.32 Å².